The van der Waals surface area contributed by atoms with E-state index in [1.54, 1.807) is 17.6 Å². The molecular formula is C22H22N4O6S. The molecule has 1 aliphatic heterocycles. The quantitative estimate of drug-likeness (QED) is 0.309. The second-order valence-electron chi connectivity index (χ2n) is 7.22. The Balaban J connectivity index is 1.72. The maximum Gasteiger partial charge on any atom is 0.326 e. The number of nitro groups is 1. The molecule has 172 valence electrons. The molecule has 1 aromatic heterocycles. The average Bonchev–Trinajstić information content (AvgIpc) is 3.16. The number of hydrogen-bond acceptors (Lipinski definition) is 8. The van der Waals surface area contributed by atoms with Crippen molar-refractivity contribution in [2.45, 2.75) is 13.5 Å². The maximum absolute atomic E-state index is 13.0. The summed E-state index contributed by atoms with van der Waals surface area (Å²) < 4.78 is 12.8. The van der Waals surface area contributed by atoms with Gasteiger partial charge < -0.3 is 18.9 Å². The number of benzene rings is 2. The molecule has 1 saturated heterocycles. The molecule has 0 aliphatic carbocycles. The Morgan fingerprint density at radius 1 is 1.21 bits per heavy atom. The molecule has 1 fully saturated rings. The molecule has 2 heterocycles. The molecule has 1 aliphatic rings. The van der Waals surface area contributed by atoms with Gasteiger partial charge in [-0.2, -0.15) is 4.99 Å². The summed E-state index contributed by atoms with van der Waals surface area (Å²) in [4.78, 5) is 42.7. The highest BCUT2D eigenvalue weighted by Crippen LogP contribution is 2.30. The predicted molar refractivity (Wildman–Crippen MR) is 122 cm³/mol. The van der Waals surface area contributed by atoms with E-state index in [0.717, 1.165) is 10.2 Å². The Labute approximate surface area is 192 Å². The van der Waals surface area contributed by atoms with Crippen LogP contribution in [0.2, 0.25) is 0 Å². The van der Waals surface area contributed by atoms with Crippen LogP contribution < -0.4 is 9.70 Å². The molecule has 3 aromatic rings. The van der Waals surface area contributed by atoms with Gasteiger partial charge in [-0.3, -0.25) is 19.7 Å². The van der Waals surface area contributed by atoms with Crippen molar-refractivity contribution in [3.63, 3.8) is 0 Å². The molecule has 0 atom stereocenters. The van der Waals surface area contributed by atoms with E-state index in [0.29, 0.717) is 36.8 Å². The van der Waals surface area contributed by atoms with Crippen LogP contribution in [0.15, 0.2) is 47.5 Å². The number of nitrogens with zero attached hydrogens (tertiary/aromatic N) is 4. The summed E-state index contributed by atoms with van der Waals surface area (Å²) in [5.74, 6) is -1.07. The van der Waals surface area contributed by atoms with E-state index in [9.17, 15) is 19.7 Å². The molecule has 0 bridgehead atoms. The van der Waals surface area contributed by atoms with Crippen LogP contribution in [0.1, 0.15) is 17.3 Å². The molecule has 33 heavy (non-hydrogen) atoms. The first kappa shape index (κ1) is 22.6. The number of thiazole rings is 1. The molecule has 10 nitrogen and oxygen atoms in total. The zero-order valence-corrected chi connectivity index (χ0v) is 18.7. The molecule has 11 heteroatoms. The van der Waals surface area contributed by atoms with Gasteiger partial charge in [0.15, 0.2) is 4.80 Å². The van der Waals surface area contributed by atoms with Gasteiger partial charge in [0.05, 0.1) is 35.0 Å². The summed E-state index contributed by atoms with van der Waals surface area (Å²) in [5, 5.41) is 11.7. The third-order valence-electron chi connectivity index (χ3n) is 5.15. The molecule has 2 aromatic carbocycles. The Bertz CT molecular complexity index is 1280. The van der Waals surface area contributed by atoms with Crippen LogP contribution in [-0.4, -0.2) is 54.3 Å². The molecule has 0 saturated carbocycles. The summed E-state index contributed by atoms with van der Waals surface area (Å²) in [6.45, 7) is 3.91. The number of amides is 1. The average molecular weight is 471 g/mol. The van der Waals surface area contributed by atoms with Crippen molar-refractivity contribution in [1.82, 2.24) is 4.57 Å². The van der Waals surface area contributed by atoms with Gasteiger partial charge in [-0.05, 0) is 31.2 Å². The van der Waals surface area contributed by atoms with Crippen LogP contribution in [-0.2, 0) is 20.8 Å². The third-order valence-corrected chi connectivity index (χ3v) is 6.21. The van der Waals surface area contributed by atoms with Crippen molar-refractivity contribution in [3.05, 3.63) is 62.9 Å². The highest BCUT2D eigenvalue weighted by Gasteiger charge is 2.23. The number of hydrogen-bond donors (Lipinski definition) is 0. The number of rotatable bonds is 6. The van der Waals surface area contributed by atoms with Crippen LogP contribution in [0.5, 0.6) is 0 Å². The fourth-order valence-electron chi connectivity index (χ4n) is 3.62. The zero-order chi connectivity index (χ0) is 23.4. The second kappa shape index (κ2) is 9.92. The highest BCUT2D eigenvalue weighted by atomic mass is 32.1. The molecule has 0 spiro atoms. The predicted octanol–water partition coefficient (Wildman–Crippen LogP) is 2.75. The largest absolute Gasteiger partial charge is 0.465 e. The van der Waals surface area contributed by atoms with Crippen LogP contribution in [0.4, 0.5) is 11.4 Å². The van der Waals surface area contributed by atoms with Gasteiger partial charge in [0.25, 0.3) is 11.6 Å². The summed E-state index contributed by atoms with van der Waals surface area (Å²) in [6, 6.07) is 11.7. The van der Waals surface area contributed by atoms with Gasteiger partial charge in [0, 0.05) is 24.7 Å². The number of carbonyl (C=O) groups is 2. The van der Waals surface area contributed by atoms with Gasteiger partial charge in [-0.15, -0.1) is 0 Å². The number of carbonyl (C=O) groups excluding carboxylic acids is 2. The number of ether oxygens (including phenoxy) is 2. The van der Waals surface area contributed by atoms with Gasteiger partial charge >= 0.3 is 5.97 Å². The standard InChI is InChI=1S/C22H22N4O6S/c1-2-32-20(27)14-25-17-5-3-4-6-19(17)33-22(25)23-21(28)15-7-8-16(18(13-15)26(29)30)24-9-11-31-12-10-24/h3-8,13H,2,9-12,14H2,1H3. The first-order valence-electron chi connectivity index (χ1n) is 10.4. The highest BCUT2D eigenvalue weighted by molar-refractivity contribution is 7.16. The normalized spacial score (nSPS) is 14.5. The third kappa shape index (κ3) is 4.94. The fraction of sp³-hybridized carbons (Fsp3) is 0.318. The Morgan fingerprint density at radius 2 is 1.97 bits per heavy atom. The van der Waals surface area contributed by atoms with E-state index in [1.807, 2.05) is 29.2 Å². The van der Waals surface area contributed by atoms with Gasteiger partial charge in [0.1, 0.15) is 12.2 Å². The smallest absolute Gasteiger partial charge is 0.326 e. The van der Waals surface area contributed by atoms with E-state index in [4.69, 9.17) is 9.47 Å². The van der Waals surface area contributed by atoms with Crippen molar-refractivity contribution in [2.75, 3.05) is 37.8 Å². The molecule has 0 unspecified atom stereocenters. The summed E-state index contributed by atoms with van der Waals surface area (Å²) in [7, 11) is 0. The van der Waals surface area contributed by atoms with E-state index in [1.165, 1.54) is 23.5 Å². The fourth-order valence-corrected chi connectivity index (χ4v) is 4.65. The van der Waals surface area contributed by atoms with E-state index < -0.39 is 16.8 Å². The number of esters is 1. The molecule has 0 radical (unpaired) electrons. The van der Waals surface area contributed by atoms with Gasteiger partial charge in [0.2, 0.25) is 0 Å². The minimum atomic E-state index is -0.629. The van der Waals surface area contributed by atoms with Crippen LogP contribution >= 0.6 is 11.3 Å². The van der Waals surface area contributed by atoms with Gasteiger partial charge in [-0.1, -0.05) is 23.5 Å². The topological polar surface area (TPSA) is 116 Å². The first-order chi connectivity index (χ1) is 16.0. The number of para-hydroxylation sites is 1. The minimum Gasteiger partial charge on any atom is -0.465 e. The molecule has 4 rings (SSSR count). The van der Waals surface area contributed by atoms with Crippen molar-refractivity contribution in [1.29, 1.82) is 0 Å². The molecule has 0 N–H and O–H groups in total. The van der Waals surface area contributed by atoms with Crippen molar-refractivity contribution < 1.29 is 24.0 Å². The first-order valence-corrected chi connectivity index (χ1v) is 11.2. The van der Waals surface area contributed by atoms with Crippen LogP contribution in [0.3, 0.4) is 0 Å². The molecular weight excluding hydrogens is 448 g/mol. The summed E-state index contributed by atoms with van der Waals surface area (Å²) >= 11 is 1.26. The number of morpholine rings is 1. The number of fused-ring (bicyclic) bond motifs is 1. The van der Waals surface area contributed by atoms with Crippen molar-refractivity contribution >= 4 is 44.8 Å². The number of aromatic nitrogens is 1. The maximum atomic E-state index is 13.0. The van der Waals surface area contributed by atoms with E-state index >= 15 is 0 Å². The van der Waals surface area contributed by atoms with Gasteiger partial charge in [-0.25, -0.2) is 0 Å². The summed E-state index contributed by atoms with van der Waals surface area (Å²) in [5.41, 5.74) is 1.13. The lowest BCUT2D eigenvalue weighted by atomic mass is 10.1. The van der Waals surface area contributed by atoms with E-state index in [-0.39, 0.29) is 24.4 Å². The van der Waals surface area contributed by atoms with Crippen molar-refractivity contribution in [2.24, 2.45) is 4.99 Å². The molecule has 1 amide bonds. The van der Waals surface area contributed by atoms with Crippen LogP contribution in [0, 0.1) is 10.1 Å². The lowest BCUT2D eigenvalue weighted by Gasteiger charge is -2.28. The Morgan fingerprint density at radius 3 is 2.70 bits per heavy atom. The number of anilines is 1. The Hall–Kier alpha value is -3.57. The lowest BCUT2D eigenvalue weighted by Crippen LogP contribution is -2.36. The van der Waals surface area contributed by atoms with Crippen LogP contribution in [0.25, 0.3) is 10.2 Å². The lowest BCUT2D eigenvalue weighted by molar-refractivity contribution is -0.384. The van der Waals surface area contributed by atoms with E-state index in [2.05, 4.69) is 4.99 Å². The SMILES string of the molecule is CCOC(=O)Cn1c(=NC(=O)c2ccc(N3CCOCC3)c([N+](=O)[O-])c2)sc2ccccc21. The monoisotopic (exact) mass is 470 g/mol. The van der Waals surface area contributed by atoms with Crippen molar-refractivity contribution in [3.8, 4) is 0 Å². The Kier molecular flexibility index (Phi) is 6.80. The zero-order valence-electron chi connectivity index (χ0n) is 17.9. The second-order valence-corrected chi connectivity index (χ2v) is 8.23. The summed E-state index contributed by atoms with van der Waals surface area (Å²) in [6.07, 6.45) is 0. The number of nitro benzene ring substituents is 1. The minimum absolute atomic E-state index is 0.0962.